The average Bonchev–Trinajstić information content (AvgIpc) is 2.79. The van der Waals surface area contributed by atoms with Crippen molar-refractivity contribution in [1.29, 1.82) is 0 Å². The number of carbonyl (C=O) groups excluding carboxylic acids is 2. The molecule has 8 heteroatoms. The van der Waals surface area contributed by atoms with Crippen molar-refractivity contribution in [2.24, 2.45) is 0 Å². The van der Waals surface area contributed by atoms with Gasteiger partial charge in [0.05, 0.1) is 5.69 Å². The van der Waals surface area contributed by atoms with E-state index >= 15 is 0 Å². The second-order valence-corrected chi connectivity index (χ2v) is 4.33. The van der Waals surface area contributed by atoms with E-state index in [0.29, 0.717) is 10.8 Å². The first-order chi connectivity index (χ1) is 9.45. The maximum absolute atomic E-state index is 11.7. The van der Waals surface area contributed by atoms with E-state index in [2.05, 4.69) is 15.8 Å². The summed E-state index contributed by atoms with van der Waals surface area (Å²) in [4.78, 5) is 23.3. The van der Waals surface area contributed by atoms with Gasteiger partial charge in [-0.15, -0.1) is 0 Å². The van der Waals surface area contributed by atoms with Gasteiger partial charge < -0.3 is 14.9 Å². The first-order valence-electron chi connectivity index (χ1n) is 5.50. The summed E-state index contributed by atoms with van der Waals surface area (Å²) in [6, 6.07) is 5.53. The van der Waals surface area contributed by atoms with E-state index < -0.39 is 11.8 Å². The number of benzene rings is 1. The number of hydrogen-bond donors (Lipinski definition) is 3. The van der Waals surface area contributed by atoms with Gasteiger partial charge in [-0.2, -0.15) is 0 Å². The van der Waals surface area contributed by atoms with Crippen LogP contribution in [0.1, 0.15) is 5.76 Å². The van der Waals surface area contributed by atoms with E-state index in [1.54, 1.807) is 6.92 Å². The van der Waals surface area contributed by atoms with Crippen molar-refractivity contribution in [3.05, 3.63) is 35.0 Å². The Morgan fingerprint density at radius 2 is 1.95 bits per heavy atom. The molecule has 2 aromatic rings. The van der Waals surface area contributed by atoms with Crippen molar-refractivity contribution >= 4 is 34.9 Å². The number of halogens is 1. The van der Waals surface area contributed by atoms with Crippen molar-refractivity contribution in [2.75, 3.05) is 10.6 Å². The maximum atomic E-state index is 11.7. The van der Waals surface area contributed by atoms with Crippen LogP contribution in [0.4, 0.5) is 11.5 Å². The fraction of sp³-hybridized carbons (Fsp3) is 0.0833. The van der Waals surface area contributed by atoms with Crippen LogP contribution >= 0.6 is 11.6 Å². The minimum Gasteiger partial charge on any atom is -0.506 e. The molecule has 0 spiro atoms. The molecular formula is C12H10ClN3O4. The Morgan fingerprint density at radius 3 is 2.60 bits per heavy atom. The molecular weight excluding hydrogens is 286 g/mol. The second-order valence-electron chi connectivity index (χ2n) is 3.89. The monoisotopic (exact) mass is 295 g/mol. The summed E-state index contributed by atoms with van der Waals surface area (Å²) in [6.07, 6.45) is 0. The van der Waals surface area contributed by atoms with Crippen LogP contribution in [-0.4, -0.2) is 22.1 Å². The van der Waals surface area contributed by atoms with Crippen LogP contribution in [0.15, 0.2) is 28.8 Å². The van der Waals surface area contributed by atoms with Crippen LogP contribution in [0.2, 0.25) is 5.02 Å². The summed E-state index contributed by atoms with van der Waals surface area (Å²) in [7, 11) is 0. The SMILES string of the molecule is Cc1cc(NC(=O)C(=O)Nc2cc(Cl)ccc2O)no1. The zero-order valence-electron chi connectivity index (χ0n) is 10.3. The Labute approximate surface area is 118 Å². The predicted octanol–water partition coefficient (Wildman–Crippen LogP) is 1.92. The molecule has 7 nitrogen and oxygen atoms in total. The molecule has 0 aliphatic heterocycles. The zero-order valence-corrected chi connectivity index (χ0v) is 11.1. The minimum absolute atomic E-state index is 0.0361. The molecule has 104 valence electrons. The van der Waals surface area contributed by atoms with Gasteiger partial charge in [-0.05, 0) is 25.1 Å². The molecule has 0 atom stereocenters. The van der Waals surface area contributed by atoms with E-state index in [4.69, 9.17) is 16.1 Å². The van der Waals surface area contributed by atoms with Crippen molar-refractivity contribution in [3.8, 4) is 5.75 Å². The highest BCUT2D eigenvalue weighted by molar-refractivity contribution is 6.43. The van der Waals surface area contributed by atoms with Crippen LogP contribution in [0.5, 0.6) is 5.75 Å². The number of aromatic hydroxyl groups is 1. The van der Waals surface area contributed by atoms with Crippen LogP contribution < -0.4 is 10.6 Å². The highest BCUT2D eigenvalue weighted by Crippen LogP contribution is 2.26. The van der Waals surface area contributed by atoms with Gasteiger partial charge >= 0.3 is 11.8 Å². The summed E-state index contributed by atoms with van der Waals surface area (Å²) in [5.41, 5.74) is 0.0361. The number of aryl methyl sites for hydroxylation is 1. The molecule has 0 fully saturated rings. The van der Waals surface area contributed by atoms with Crippen LogP contribution in [-0.2, 0) is 9.59 Å². The highest BCUT2D eigenvalue weighted by atomic mass is 35.5. The summed E-state index contributed by atoms with van der Waals surface area (Å²) >= 11 is 5.73. The van der Waals surface area contributed by atoms with Crippen molar-refractivity contribution in [2.45, 2.75) is 6.92 Å². The van der Waals surface area contributed by atoms with E-state index in [-0.39, 0.29) is 17.3 Å². The molecule has 2 amide bonds. The molecule has 0 radical (unpaired) electrons. The third kappa shape index (κ3) is 3.27. The largest absolute Gasteiger partial charge is 0.506 e. The molecule has 0 bridgehead atoms. The quantitative estimate of drug-likeness (QED) is 0.580. The number of anilines is 2. The second kappa shape index (κ2) is 5.62. The smallest absolute Gasteiger partial charge is 0.315 e. The number of carbonyl (C=O) groups is 2. The molecule has 1 aromatic carbocycles. The maximum Gasteiger partial charge on any atom is 0.315 e. The molecule has 1 heterocycles. The lowest BCUT2D eigenvalue weighted by molar-refractivity contribution is -0.133. The van der Waals surface area contributed by atoms with Crippen LogP contribution in [0.3, 0.4) is 0 Å². The van der Waals surface area contributed by atoms with Gasteiger partial charge in [-0.3, -0.25) is 14.9 Å². The average molecular weight is 296 g/mol. The number of nitrogens with zero attached hydrogens (tertiary/aromatic N) is 1. The van der Waals surface area contributed by atoms with E-state index in [0.717, 1.165) is 0 Å². The third-order valence-electron chi connectivity index (χ3n) is 2.28. The molecule has 1 aromatic heterocycles. The minimum atomic E-state index is -0.969. The fourth-order valence-electron chi connectivity index (χ4n) is 1.39. The normalized spacial score (nSPS) is 10.1. The third-order valence-corrected chi connectivity index (χ3v) is 2.52. The summed E-state index contributed by atoms with van der Waals surface area (Å²) in [5, 5.41) is 17.8. The Bertz CT molecular complexity index is 668. The molecule has 2 rings (SSSR count). The van der Waals surface area contributed by atoms with Crippen LogP contribution in [0, 0.1) is 6.92 Å². The fourth-order valence-corrected chi connectivity index (χ4v) is 1.56. The molecule has 0 unspecified atom stereocenters. The lowest BCUT2D eigenvalue weighted by Gasteiger charge is -2.06. The molecule has 0 aliphatic carbocycles. The number of hydrogen-bond acceptors (Lipinski definition) is 5. The van der Waals surface area contributed by atoms with Crippen molar-refractivity contribution in [3.63, 3.8) is 0 Å². The van der Waals surface area contributed by atoms with E-state index in [9.17, 15) is 14.7 Å². The Kier molecular flexibility index (Phi) is 3.90. The van der Waals surface area contributed by atoms with Crippen LogP contribution in [0.25, 0.3) is 0 Å². The van der Waals surface area contributed by atoms with E-state index in [1.807, 2.05) is 0 Å². The predicted molar refractivity (Wildman–Crippen MR) is 71.6 cm³/mol. The van der Waals surface area contributed by atoms with Gasteiger partial charge in [0.1, 0.15) is 11.5 Å². The number of nitrogens with one attached hydrogen (secondary N) is 2. The van der Waals surface area contributed by atoms with Gasteiger partial charge in [-0.25, -0.2) is 0 Å². The highest BCUT2D eigenvalue weighted by Gasteiger charge is 2.17. The number of aromatic nitrogens is 1. The summed E-state index contributed by atoms with van der Waals surface area (Å²) in [5.74, 6) is -1.50. The zero-order chi connectivity index (χ0) is 14.7. The number of phenolic OH excluding ortho intramolecular Hbond substituents is 1. The summed E-state index contributed by atoms with van der Waals surface area (Å²) in [6.45, 7) is 1.65. The van der Waals surface area contributed by atoms with Gasteiger partial charge in [0.2, 0.25) is 0 Å². The Balaban J connectivity index is 2.04. The van der Waals surface area contributed by atoms with Crippen molar-refractivity contribution < 1.29 is 19.2 Å². The Morgan fingerprint density at radius 1 is 1.25 bits per heavy atom. The standard InChI is InChI=1S/C12H10ClN3O4/c1-6-4-10(16-20-6)15-12(19)11(18)14-8-5-7(13)2-3-9(8)17/h2-5,17H,1H3,(H,14,18)(H,15,16,19). The van der Waals surface area contributed by atoms with Gasteiger partial charge in [-0.1, -0.05) is 16.8 Å². The summed E-state index contributed by atoms with van der Waals surface area (Å²) < 4.78 is 4.74. The lowest BCUT2D eigenvalue weighted by Crippen LogP contribution is -2.29. The number of rotatable bonds is 2. The molecule has 20 heavy (non-hydrogen) atoms. The molecule has 0 aliphatic rings. The van der Waals surface area contributed by atoms with Gasteiger partial charge in [0, 0.05) is 11.1 Å². The molecule has 0 saturated carbocycles. The molecule has 3 N–H and O–H groups in total. The lowest BCUT2D eigenvalue weighted by atomic mass is 10.3. The first kappa shape index (κ1) is 13.9. The first-order valence-corrected chi connectivity index (χ1v) is 5.87. The van der Waals surface area contributed by atoms with Gasteiger partial charge in [0.15, 0.2) is 5.82 Å². The Hall–Kier alpha value is -2.54. The topological polar surface area (TPSA) is 104 Å². The van der Waals surface area contributed by atoms with E-state index in [1.165, 1.54) is 24.3 Å². The molecule has 0 saturated heterocycles. The van der Waals surface area contributed by atoms with Crippen molar-refractivity contribution in [1.82, 2.24) is 5.16 Å². The number of amides is 2. The number of phenols is 1. The van der Waals surface area contributed by atoms with Gasteiger partial charge in [0.25, 0.3) is 0 Å².